The van der Waals surface area contributed by atoms with Gasteiger partial charge in [0.15, 0.2) is 22.9 Å². The highest BCUT2D eigenvalue weighted by atomic mass is 79.9. The van der Waals surface area contributed by atoms with Gasteiger partial charge >= 0.3 is 19.3 Å². The van der Waals surface area contributed by atoms with E-state index in [4.69, 9.17) is 18.8 Å². The van der Waals surface area contributed by atoms with Crippen LogP contribution in [0.1, 0.15) is 124 Å². The molecule has 11 heterocycles. The Morgan fingerprint density at radius 1 is 0.643 bits per heavy atom. The number of piperazine rings is 2. The van der Waals surface area contributed by atoms with Crippen molar-refractivity contribution in [3.05, 3.63) is 111 Å². The molecule has 24 nitrogen and oxygen atoms in total. The molecule has 0 bridgehead atoms. The topological polar surface area (TPSA) is 282 Å². The lowest BCUT2D eigenvalue weighted by atomic mass is 9.77. The molecule has 442 valence electrons. The molecule has 11 rings (SSSR count). The standard InChI is InChI=1S/C21H23BrN6O3.C21H22N8O.C16H27BN2O4/c1-21(2,3)31-20(30)28-10-8-27(9-11-28)16-5-4-14-18(25-16)26-19(24-14)17(29)13-6-7-23-15(22)12-13;1-12-18(13(2)28-27-12)16-11-14(5-6-23-16)19(30)21-24-15-3-4-17(25-20(15)26-21)29-9-7-22-8-10-29;1-10-12(17-22-15(6,7)16(8,9)23-17)11(2)19(18-10)13(20)21-14(3,4)5/h4-7,12H,8-11H2,1-3H3,(H,24,25,26);3-6,11,22H,7-10H2,1-2H3,(H,27,28)(H,24,25,26);1-9H3. The van der Waals surface area contributed by atoms with Crippen molar-refractivity contribution in [1.82, 2.24) is 70.1 Å². The molecular weight excluding hydrogens is 1140 g/mol. The maximum Gasteiger partial charge on any atom is 0.498 e. The van der Waals surface area contributed by atoms with E-state index in [1.165, 1.54) is 4.68 Å². The van der Waals surface area contributed by atoms with E-state index in [2.05, 4.69) is 86.2 Å². The minimum Gasteiger partial charge on any atom is -0.444 e. The Bertz CT molecular complexity index is 3710. The van der Waals surface area contributed by atoms with Gasteiger partial charge < -0.3 is 48.8 Å². The predicted molar refractivity (Wildman–Crippen MR) is 322 cm³/mol. The highest BCUT2D eigenvalue weighted by molar-refractivity contribution is 9.10. The highest BCUT2D eigenvalue weighted by Crippen LogP contribution is 2.37. The van der Waals surface area contributed by atoms with E-state index in [0.717, 1.165) is 65.7 Å². The largest absolute Gasteiger partial charge is 0.498 e. The Morgan fingerprint density at radius 3 is 1.67 bits per heavy atom. The molecule has 0 atom stereocenters. The summed E-state index contributed by atoms with van der Waals surface area (Å²) in [5, 5.41) is 14.8. The number of ether oxygens (including phenoxy) is 2. The van der Waals surface area contributed by atoms with Crippen molar-refractivity contribution in [1.29, 1.82) is 0 Å². The number of aryl methyl sites for hydroxylation is 3. The molecule has 0 saturated carbocycles. The number of aromatic nitrogens is 12. The van der Waals surface area contributed by atoms with Gasteiger partial charge in [0.2, 0.25) is 11.6 Å². The summed E-state index contributed by atoms with van der Waals surface area (Å²) in [6.45, 7) is 32.6. The Balaban J connectivity index is 0.000000153. The zero-order chi connectivity index (χ0) is 60.6. The van der Waals surface area contributed by atoms with Crippen LogP contribution in [0.4, 0.5) is 21.2 Å². The van der Waals surface area contributed by atoms with Gasteiger partial charge in [-0.3, -0.25) is 19.7 Å². The summed E-state index contributed by atoms with van der Waals surface area (Å²) in [5.41, 5.74) is 7.03. The van der Waals surface area contributed by atoms with Crippen LogP contribution in [0.25, 0.3) is 33.6 Å². The molecule has 0 aromatic carbocycles. The van der Waals surface area contributed by atoms with Gasteiger partial charge in [-0.1, -0.05) is 0 Å². The van der Waals surface area contributed by atoms with Crippen LogP contribution in [0.15, 0.2) is 65.5 Å². The molecule has 3 aliphatic heterocycles. The molecule has 8 aromatic heterocycles. The lowest BCUT2D eigenvalue weighted by Crippen LogP contribution is -2.50. The number of rotatable bonds is 8. The monoisotopic (exact) mass is 1210 g/mol. The molecule has 4 N–H and O–H groups in total. The van der Waals surface area contributed by atoms with Crippen LogP contribution >= 0.6 is 15.9 Å². The van der Waals surface area contributed by atoms with Crippen LogP contribution in [0, 0.1) is 27.7 Å². The number of nitrogens with zero attached hydrogens (tertiary/aromatic N) is 12. The third kappa shape index (κ3) is 13.7. The average molecular weight is 1210 g/mol. The second-order valence-electron chi connectivity index (χ2n) is 23.8. The van der Waals surface area contributed by atoms with Gasteiger partial charge in [0.05, 0.1) is 39.3 Å². The molecule has 3 aliphatic rings. The molecule has 0 spiro atoms. The van der Waals surface area contributed by atoms with Crippen molar-refractivity contribution in [3.8, 4) is 11.3 Å². The predicted octanol–water partition coefficient (Wildman–Crippen LogP) is 7.99. The summed E-state index contributed by atoms with van der Waals surface area (Å²) in [6.07, 6.45) is 2.40. The van der Waals surface area contributed by atoms with Crippen LogP contribution in [-0.2, 0) is 18.8 Å². The number of hydrogen-bond donors (Lipinski definition) is 4. The van der Waals surface area contributed by atoms with E-state index < -0.39 is 35.6 Å². The summed E-state index contributed by atoms with van der Waals surface area (Å²) in [4.78, 5) is 89.2. The molecular formula is C58H72BBrN16O8. The van der Waals surface area contributed by atoms with E-state index in [1.807, 2.05) is 121 Å². The smallest absolute Gasteiger partial charge is 0.444 e. The van der Waals surface area contributed by atoms with Crippen LogP contribution in [0.3, 0.4) is 0 Å². The Morgan fingerprint density at radius 2 is 1.15 bits per heavy atom. The Kier molecular flexibility index (Phi) is 17.3. The number of hydrogen-bond acceptors (Lipinski definition) is 19. The third-order valence-electron chi connectivity index (χ3n) is 14.6. The molecule has 1 amide bonds. The van der Waals surface area contributed by atoms with E-state index in [9.17, 15) is 19.2 Å². The van der Waals surface area contributed by atoms with Crippen molar-refractivity contribution in [3.63, 3.8) is 0 Å². The Hall–Kier alpha value is -7.94. The maximum atomic E-state index is 13.1. The van der Waals surface area contributed by atoms with Gasteiger partial charge in [-0.15, -0.1) is 0 Å². The van der Waals surface area contributed by atoms with E-state index in [-0.39, 0.29) is 29.3 Å². The third-order valence-corrected chi connectivity index (χ3v) is 15.0. The van der Waals surface area contributed by atoms with Gasteiger partial charge in [-0.05, 0) is 161 Å². The van der Waals surface area contributed by atoms with Gasteiger partial charge in [0.1, 0.15) is 27.4 Å². The average Bonchev–Trinajstić information content (AvgIpc) is 2.14. The van der Waals surface area contributed by atoms with Crippen LogP contribution in [-0.4, -0.2) is 170 Å². The van der Waals surface area contributed by atoms with Crippen molar-refractivity contribution in [2.75, 3.05) is 62.2 Å². The second-order valence-corrected chi connectivity index (χ2v) is 24.6. The van der Waals surface area contributed by atoms with Crippen molar-refractivity contribution in [2.24, 2.45) is 0 Å². The molecule has 3 fully saturated rings. The normalized spacial score (nSPS) is 16.0. The summed E-state index contributed by atoms with van der Waals surface area (Å²) >= 11 is 3.27. The number of imidazole rings is 2. The molecule has 0 unspecified atom stereocenters. The number of fused-ring (bicyclic) bond motifs is 2. The first-order chi connectivity index (χ1) is 39.5. The zero-order valence-corrected chi connectivity index (χ0v) is 51.6. The number of carbonyl (C=O) groups excluding carboxylic acids is 4. The highest BCUT2D eigenvalue weighted by Gasteiger charge is 2.53. The number of amides is 1. The number of anilines is 2. The number of ketones is 2. The number of pyridine rings is 4. The first-order valence-electron chi connectivity index (χ1n) is 27.8. The van der Waals surface area contributed by atoms with E-state index in [0.29, 0.717) is 75.8 Å². The van der Waals surface area contributed by atoms with E-state index in [1.54, 1.807) is 41.6 Å². The van der Waals surface area contributed by atoms with E-state index >= 15 is 0 Å². The number of halogens is 1. The lowest BCUT2D eigenvalue weighted by molar-refractivity contribution is 0.00578. The van der Waals surface area contributed by atoms with Crippen LogP contribution < -0.4 is 20.6 Å². The first-order valence-corrected chi connectivity index (χ1v) is 28.6. The summed E-state index contributed by atoms with van der Waals surface area (Å²) in [5.74, 6) is 1.72. The number of aromatic amines is 3. The summed E-state index contributed by atoms with van der Waals surface area (Å²) < 4.78 is 24.9. The minimum absolute atomic E-state index is 0.195. The fourth-order valence-corrected chi connectivity index (χ4v) is 9.93. The number of carbonyl (C=O) groups is 4. The van der Waals surface area contributed by atoms with Gasteiger partial charge in [0, 0.05) is 98.3 Å². The van der Waals surface area contributed by atoms with Crippen molar-refractivity contribution in [2.45, 2.75) is 119 Å². The molecule has 0 radical (unpaired) electrons. The van der Waals surface area contributed by atoms with Gasteiger partial charge in [0.25, 0.3) is 0 Å². The lowest BCUT2D eigenvalue weighted by Gasteiger charge is -2.36. The fraction of sp³-hybridized carbons (Fsp3) is 0.448. The molecule has 8 aromatic rings. The van der Waals surface area contributed by atoms with Crippen LogP contribution in [0.5, 0.6) is 0 Å². The van der Waals surface area contributed by atoms with Crippen LogP contribution in [0.2, 0.25) is 0 Å². The maximum absolute atomic E-state index is 13.1. The van der Waals surface area contributed by atoms with Gasteiger partial charge in [-0.25, -0.2) is 34.5 Å². The fourth-order valence-electron chi connectivity index (χ4n) is 9.56. The second kappa shape index (κ2) is 24.0. The summed E-state index contributed by atoms with van der Waals surface area (Å²) in [6, 6.07) is 14.4. The number of H-pyrrole nitrogens is 3. The van der Waals surface area contributed by atoms with Crippen molar-refractivity contribution < 1.29 is 38.0 Å². The Labute approximate surface area is 495 Å². The molecule has 0 aliphatic carbocycles. The molecule has 84 heavy (non-hydrogen) atoms. The van der Waals surface area contributed by atoms with Gasteiger partial charge in [-0.2, -0.15) is 14.9 Å². The summed E-state index contributed by atoms with van der Waals surface area (Å²) in [7, 11) is -0.545. The molecule has 26 heteroatoms. The first kappa shape index (κ1) is 60.6. The molecule has 3 saturated heterocycles. The number of nitrogens with one attached hydrogen (secondary N) is 4. The SMILES string of the molecule is CC(C)(C)OC(=O)N1CCN(c2ccc3[nH]c(C(=O)c4ccnc(Br)c4)nc3n2)CC1.Cc1n[nH]c(C)c1-c1cc(C(=O)c2nc3nc(N4CCNCC4)ccc3[nH]2)ccn1.Cc1nn(C(=O)OC(C)(C)C)c(C)c1B1OC(C)(C)C(C)(C)O1. The van der Waals surface area contributed by atoms with Crippen molar-refractivity contribution >= 4 is 86.2 Å². The minimum atomic E-state index is -0.576. The zero-order valence-electron chi connectivity index (χ0n) is 50.0. The quantitative estimate of drug-likeness (QED) is 0.0637.